The van der Waals surface area contributed by atoms with Crippen LogP contribution >= 0.6 is 0 Å². The molecule has 1 heterocycles. The van der Waals surface area contributed by atoms with E-state index in [0.717, 1.165) is 17.1 Å². The number of amides is 1. The number of nitrogens with zero attached hydrogens (tertiary/aromatic N) is 2. The summed E-state index contributed by atoms with van der Waals surface area (Å²) in [6.07, 6.45) is 0. The summed E-state index contributed by atoms with van der Waals surface area (Å²) in [6.45, 7) is 5.46. The maximum atomic E-state index is 12.8. The number of hydrogen-bond donors (Lipinski definition) is 1. The normalized spacial score (nSPS) is 12.1. The average Bonchev–Trinajstić information content (AvgIpc) is 2.79. The predicted molar refractivity (Wildman–Crippen MR) is 145 cm³/mol. The van der Waals surface area contributed by atoms with Crippen molar-refractivity contribution in [1.82, 2.24) is 9.89 Å². The number of hydrogen-bond acceptors (Lipinski definition) is 6. The summed E-state index contributed by atoms with van der Waals surface area (Å²) in [5, 5.41) is 4.35. The van der Waals surface area contributed by atoms with Crippen LogP contribution in [0.2, 0.25) is 0 Å². The van der Waals surface area contributed by atoms with Crippen molar-refractivity contribution in [1.29, 1.82) is 0 Å². The lowest BCUT2D eigenvalue weighted by atomic mass is 9.92. The van der Waals surface area contributed by atoms with Gasteiger partial charge in [-0.15, -0.1) is 0 Å². The quantitative estimate of drug-likeness (QED) is 0.249. The van der Waals surface area contributed by atoms with E-state index in [9.17, 15) is 17.8 Å². The molecule has 0 atom stereocenters. The summed E-state index contributed by atoms with van der Waals surface area (Å²) in [5.41, 5.74) is 2.39. The van der Waals surface area contributed by atoms with Gasteiger partial charge in [0.25, 0.3) is 5.91 Å². The number of fused-ring (bicyclic) bond motifs is 2. The van der Waals surface area contributed by atoms with Gasteiger partial charge in [-0.25, -0.2) is 13.0 Å². The molecular formula is C28H31N3O5S. The Kier molecular flexibility index (Phi) is 6.64. The summed E-state index contributed by atoms with van der Waals surface area (Å²) in [4.78, 5) is 14.3. The molecule has 9 heteroatoms. The van der Waals surface area contributed by atoms with Gasteiger partial charge >= 0.3 is 0 Å². The first-order valence-electron chi connectivity index (χ1n) is 11.8. The zero-order valence-electron chi connectivity index (χ0n) is 22.0. The molecule has 1 N–H and O–H groups in total. The van der Waals surface area contributed by atoms with Gasteiger partial charge in [-0.05, 0) is 51.1 Å². The van der Waals surface area contributed by atoms with E-state index in [1.165, 1.54) is 12.1 Å². The molecule has 0 radical (unpaired) electrons. The fourth-order valence-electron chi connectivity index (χ4n) is 4.20. The molecule has 194 valence electrons. The van der Waals surface area contributed by atoms with E-state index in [2.05, 4.69) is 5.32 Å². The molecule has 2 aromatic rings. The first-order valence-corrected chi connectivity index (χ1v) is 13.2. The van der Waals surface area contributed by atoms with E-state index in [1.807, 2.05) is 94.8 Å². The van der Waals surface area contributed by atoms with Crippen LogP contribution in [-0.2, 0) is 10.1 Å². The minimum Gasteiger partial charge on any atom is -0.744 e. The number of carbonyl (C=O) groups is 1. The Hall–Kier alpha value is -3.69. The Bertz CT molecular complexity index is 1670. The van der Waals surface area contributed by atoms with Crippen LogP contribution in [0.4, 0.5) is 5.69 Å². The third kappa shape index (κ3) is 5.38. The van der Waals surface area contributed by atoms with E-state index in [1.54, 1.807) is 0 Å². The van der Waals surface area contributed by atoms with Crippen molar-refractivity contribution in [3.8, 4) is 22.5 Å². The van der Waals surface area contributed by atoms with Gasteiger partial charge in [-0.1, -0.05) is 6.07 Å². The molecule has 37 heavy (non-hydrogen) atoms. The van der Waals surface area contributed by atoms with Crippen molar-refractivity contribution in [3.05, 3.63) is 65.5 Å². The summed E-state index contributed by atoms with van der Waals surface area (Å²) < 4.78 is 45.8. The Morgan fingerprint density at radius 1 is 0.973 bits per heavy atom. The third-order valence-electron chi connectivity index (χ3n) is 5.99. The molecule has 0 unspecified atom stereocenters. The van der Waals surface area contributed by atoms with Gasteiger partial charge in [-0.2, -0.15) is 0 Å². The predicted octanol–water partition coefficient (Wildman–Crippen LogP) is 3.73. The van der Waals surface area contributed by atoms with Gasteiger partial charge in [0.2, 0.25) is 5.36 Å². The van der Waals surface area contributed by atoms with Crippen LogP contribution in [0.1, 0.15) is 31.1 Å². The van der Waals surface area contributed by atoms with Crippen molar-refractivity contribution in [3.63, 3.8) is 0 Å². The number of nitrogens with one attached hydrogen (secondary N) is 1. The molecule has 0 fully saturated rings. The molecule has 1 amide bonds. The minimum absolute atomic E-state index is 0.0899. The van der Waals surface area contributed by atoms with Crippen molar-refractivity contribution in [2.75, 3.05) is 33.1 Å². The van der Waals surface area contributed by atoms with Gasteiger partial charge in [-0.3, -0.25) is 4.79 Å². The molecule has 2 aliphatic rings. The molecule has 1 aliphatic carbocycles. The summed E-state index contributed by atoms with van der Waals surface area (Å²) in [5.74, 6) is 0.0707. The van der Waals surface area contributed by atoms with E-state index >= 15 is 0 Å². The number of anilines is 1. The van der Waals surface area contributed by atoms with E-state index < -0.39 is 26.5 Å². The topological polar surface area (TPSA) is 106 Å². The molecule has 0 saturated carbocycles. The van der Waals surface area contributed by atoms with Crippen LogP contribution < -0.4 is 20.1 Å². The highest BCUT2D eigenvalue weighted by molar-refractivity contribution is 7.85. The Morgan fingerprint density at radius 2 is 1.65 bits per heavy atom. The van der Waals surface area contributed by atoms with Crippen molar-refractivity contribution < 1.29 is 22.2 Å². The summed E-state index contributed by atoms with van der Waals surface area (Å²) in [7, 11) is 2.71. The van der Waals surface area contributed by atoms with Gasteiger partial charge < -0.3 is 19.2 Å². The molecule has 4 rings (SSSR count). The highest BCUT2D eigenvalue weighted by Crippen LogP contribution is 2.43. The minimum atomic E-state index is -4.94. The SMILES string of the molecule is CN(C)c1ccc2c(-c3ccc(C(=O)NC(C)(C)C)cc3S(=O)(=O)[O-])c3ccc(=[N+](C)C)cc-3oc2c1. The lowest BCUT2D eigenvalue weighted by Crippen LogP contribution is -2.40. The zero-order valence-corrected chi connectivity index (χ0v) is 22.9. The molecule has 0 bridgehead atoms. The van der Waals surface area contributed by atoms with Crippen LogP contribution in [0, 0.1) is 0 Å². The standard InChI is InChI=1S/C28H31N3O5S/c1-28(2,3)29-27(32)17-8-11-22(25(14-17)37(33,34)35)26-20-12-9-18(30(4)5)15-23(20)36-24-16-19(31(6)7)10-13-21(24)26/h8-16H,1-7H3,(H-,29,32,33,34,35). The first-order chi connectivity index (χ1) is 17.2. The zero-order chi connectivity index (χ0) is 27.3. The van der Waals surface area contributed by atoms with Gasteiger partial charge in [0.15, 0.2) is 0 Å². The van der Waals surface area contributed by atoms with Crippen molar-refractivity contribution >= 4 is 32.7 Å². The maximum absolute atomic E-state index is 12.8. The fourth-order valence-corrected chi connectivity index (χ4v) is 4.91. The number of benzene rings is 3. The average molecular weight is 522 g/mol. The van der Waals surface area contributed by atoms with E-state index in [4.69, 9.17) is 4.42 Å². The van der Waals surface area contributed by atoms with Gasteiger partial charge in [0.05, 0.1) is 11.0 Å². The Labute approximate surface area is 217 Å². The monoisotopic (exact) mass is 521 g/mol. The highest BCUT2D eigenvalue weighted by Gasteiger charge is 2.24. The molecule has 8 nitrogen and oxygen atoms in total. The van der Waals surface area contributed by atoms with Gasteiger partial charge in [0, 0.05) is 65.1 Å². The lowest BCUT2D eigenvalue weighted by Gasteiger charge is -2.22. The van der Waals surface area contributed by atoms with Gasteiger partial charge in [0.1, 0.15) is 35.6 Å². The second-order valence-corrected chi connectivity index (χ2v) is 11.8. The Balaban J connectivity index is 2.10. The van der Waals surface area contributed by atoms with Crippen LogP contribution in [-0.4, -0.2) is 52.6 Å². The molecule has 0 aromatic heterocycles. The van der Waals surface area contributed by atoms with Crippen LogP contribution in [0.5, 0.6) is 0 Å². The maximum Gasteiger partial charge on any atom is 0.251 e. The van der Waals surface area contributed by atoms with Crippen LogP contribution in [0.15, 0.2) is 63.9 Å². The van der Waals surface area contributed by atoms with E-state index in [0.29, 0.717) is 27.9 Å². The summed E-state index contributed by atoms with van der Waals surface area (Å²) >= 11 is 0. The number of rotatable bonds is 4. The van der Waals surface area contributed by atoms with Crippen molar-refractivity contribution in [2.24, 2.45) is 0 Å². The largest absolute Gasteiger partial charge is 0.744 e. The number of carbonyl (C=O) groups excluding carboxylic acids is 1. The van der Waals surface area contributed by atoms with Crippen LogP contribution in [0.25, 0.3) is 33.4 Å². The fraction of sp³-hybridized carbons (Fsp3) is 0.286. The van der Waals surface area contributed by atoms with E-state index in [-0.39, 0.29) is 11.1 Å². The molecule has 2 aromatic carbocycles. The second-order valence-electron chi connectivity index (χ2n) is 10.5. The second kappa shape index (κ2) is 9.32. The third-order valence-corrected chi connectivity index (χ3v) is 6.87. The highest BCUT2D eigenvalue weighted by atomic mass is 32.2. The van der Waals surface area contributed by atoms with Crippen LogP contribution in [0.3, 0.4) is 0 Å². The first kappa shape index (κ1) is 26.4. The lowest BCUT2D eigenvalue weighted by molar-refractivity contribution is 0.0919. The molecule has 0 spiro atoms. The Morgan fingerprint density at radius 3 is 2.24 bits per heavy atom. The summed E-state index contributed by atoms with van der Waals surface area (Å²) in [6, 6.07) is 15.5. The molecule has 0 saturated heterocycles. The smallest absolute Gasteiger partial charge is 0.251 e. The molecular weight excluding hydrogens is 490 g/mol. The van der Waals surface area contributed by atoms with Crippen molar-refractivity contribution in [2.45, 2.75) is 31.2 Å². The molecule has 1 aliphatic heterocycles.